The highest BCUT2D eigenvalue weighted by atomic mass is 35.5. The third-order valence-electron chi connectivity index (χ3n) is 2.41. The zero-order valence-electron chi connectivity index (χ0n) is 8.57. The Balaban J connectivity index is 2.84. The first-order chi connectivity index (χ1) is 7.80. The van der Waals surface area contributed by atoms with Crippen LogP contribution >= 0.6 is 11.6 Å². The monoisotopic (exact) mass is 263 g/mol. The van der Waals surface area contributed by atoms with E-state index in [0.29, 0.717) is 5.39 Å². The summed E-state index contributed by atoms with van der Waals surface area (Å²) in [4.78, 5) is 3.42. The molecule has 0 saturated carbocycles. The van der Waals surface area contributed by atoms with Gasteiger partial charge in [-0.1, -0.05) is 11.6 Å². The Morgan fingerprint density at radius 3 is 2.47 bits per heavy atom. The molecule has 0 aliphatic rings. The van der Waals surface area contributed by atoms with Crippen LogP contribution in [0.4, 0.5) is 17.6 Å². The third kappa shape index (κ3) is 2.07. The molecule has 0 aliphatic heterocycles. The zero-order valence-corrected chi connectivity index (χ0v) is 9.33. The first kappa shape index (κ1) is 12.1. The molecule has 0 saturated heterocycles. The lowest BCUT2D eigenvalue weighted by atomic mass is 10.1. The minimum Gasteiger partial charge on any atom is -0.243 e. The number of hydrogen-bond acceptors (Lipinski definition) is 1. The van der Waals surface area contributed by atoms with Crippen molar-refractivity contribution in [3.8, 4) is 0 Å². The molecule has 6 heteroatoms. The van der Waals surface area contributed by atoms with Crippen molar-refractivity contribution in [3.05, 3.63) is 40.3 Å². The number of halogens is 5. The Labute approximate surface area is 99.0 Å². The topological polar surface area (TPSA) is 12.9 Å². The van der Waals surface area contributed by atoms with Crippen LogP contribution in [0, 0.1) is 12.7 Å². The van der Waals surface area contributed by atoms with Crippen molar-refractivity contribution in [3.63, 3.8) is 0 Å². The summed E-state index contributed by atoms with van der Waals surface area (Å²) < 4.78 is 50.8. The summed E-state index contributed by atoms with van der Waals surface area (Å²) in [5.74, 6) is -0.611. The van der Waals surface area contributed by atoms with Crippen LogP contribution in [0.3, 0.4) is 0 Å². The van der Waals surface area contributed by atoms with E-state index < -0.39 is 17.7 Å². The van der Waals surface area contributed by atoms with Gasteiger partial charge in [0.2, 0.25) is 0 Å². The molecule has 17 heavy (non-hydrogen) atoms. The number of rotatable bonds is 0. The molecule has 0 spiro atoms. The second kappa shape index (κ2) is 3.84. The standard InChI is InChI=1S/C11H6ClF4N/c1-5-8(13)3-2-6-7(12)4-9(11(14,15)16)17-10(5)6/h2-4H,1H3. The molecule has 0 bridgehead atoms. The third-order valence-corrected chi connectivity index (χ3v) is 2.72. The Morgan fingerprint density at radius 1 is 1.24 bits per heavy atom. The Morgan fingerprint density at radius 2 is 1.88 bits per heavy atom. The molecule has 1 nitrogen and oxygen atoms in total. The van der Waals surface area contributed by atoms with Gasteiger partial charge < -0.3 is 0 Å². The molecule has 0 aliphatic carbocycles. The van der Waals surface area contributed by atoms with E-state index in [1.807, 2.05) is 0 Å². The van der Waals surface area contributed by atoms with E-state index in [-0.39, 0.29) is 16.1 Å². The highest BCUT2D eigenvalue weighted by molar-refractivity contribution is 6.35. The molecule has 0 unspecified atom stereocenters. The Hall–Kier alpha value is -1.36. The number of benzene rings is 1. The predicted octanol–water partition coefficient (Wildman–Crippen LogP) is 4.35. The quantitative estimate of drug-likeness (QED) is 0.644. The van der Waals surface area contributed by atoms with Gasteiger partial charge in [-0.2, -0.15) is 13.2 Å². The SMILES string of the molecule is Cc1c(F)ccc2c(Cl)cc(C(F)(F)F)nc12. The van der Waals surface area contributed by atoms with E-state index in [1.165, 1.54) is 13.0 Å². The van der Waals surface area contributed by atoms with Crippen LogP contribution in [0.15, 0.2) is 18.2 Å². The summed E-state index contributed by atoms with van der Waals surface area (Å²) in [6, 6.07) is 3.20. The Kier molecular flexibility index (Phi) is 2.73. The average Bonchev–Trinajstić information content (AvgIpc) is 2.22. The molecule has 0 N–H and O–H groups in total. The van der Waals surface area contributed by atoms with Gasteiger partial charge in [0.25, 0.3) is 0 Å². The lowest BCUT2D eigenvalue weighted by Gasteiger charge is -2.10. The summed E-state index contributed by atoms with van der Waals surface area (Å²) in [6.45, 7) is 1.36. The van der Waals surface area contributed by atoms with Gasteiger partial charge in [0.1, 0.15) is 11.5 Å². The van der Waals surface area contributed by atoms with E-state index in [0.717, 1.165) is 12.1 Å². The summed E-state index contributed by atoms with van der Waals surface area (Å²) in [5.41, 5.74) is -1.14. The van der Waals surface area contributed by atoms with Gasteiger partial charge in [0.15, 0.2) is 0 Å². The van der Waals surface area contributed by atoms with Crippen LogP contribution in [0.25, 0.3) is 10.9 Å². The van der Waals surface area contributed by atoms with Gasteiger partial charge in [-0.3, -0.25) is 0 Å². The largest absolute Gasteiger partial charge is 0.433 e. The number of hydrogen-bond donors (Lipinski definition) is 0. The summed E-state index contributed by atoms with van der Waals surface area (Å²) in [7, 11) is 0. The molecule has 0 atom stereocenters. The van der Waals surface area contributed by atoms with Crippen molar-refractivity contribution in [2.24, 2.45) is 0 Å². The van der Waals surface area contributed by atoms with Crippen molar-refractivity contribution in [2.75, 3.05) is 0 Å². The van der Waals surface area contributed by atoms with Gasteiger partial charge in [0, 0.05) is 10.9 Å². The molecular weight excluding hydrogens is 258 g/mol. The fourth-order valence-electron chi connectivity index (χ4n) is 1.51. The van der Waals surface area contributed by atoms with Crippen molar-refractivity contribution in [1.82, 2.24) is 4.98 Å². The Bertz CT molecular complexity index is 592. The summed E-state index contributed by atoms with van der Waals surface area (Å²) in [6.07, 6.45) is -4.60. The first-order valence-electron chi connectivity index (χ1n) is 4.63. The van der Waals surface area contributed by atoms with Gasteiger partial charge in [-0.25, -0.2) is 9.37 Å². The van der Waals surface area contributed by atoms with E-state index in [9.17, 15) is 17.6 Å². The van der Waals surface area contributed by atoms with Crippen LogP contribution in [-0.4, -0.2) is 4.98 Å². The lowest BCUT2D eigenvalue weighted by Crippen LogP contribution is -2.08. The highest BCUT2D eigenvalue weighted by Gasteiger charge is 2.33. The summed E-state index contributed by atoms with van der Waals surface area (Å²) in [5, 5.41) is 0.212. The number of fused-ring (bicyclic) bond motifs is 1. The maximum absolute atomic E-state index is 13.2. The zero-order chi connectivity index (χ0) is 12.8. The van der Waals surface area contributed by atoms with Crippen molar-refractivity contribution in [1.29, 1.82) is 0 Å². The van der Waals surface area contributed by atoms with E-state index >= 15 is 0 Å². The first-order valence-corrected chi connectivity index (χ1v) is 5.01. The molecule has 2 aromatic rings. The molecule has 90 valence electrons. The van der Waals surface area contributed by atoms with Crippen molar-refractivity contribution in [2.45, 2.75) is 13.1 Å². The van der Waals surface area contributed by atoms with E-state index in [4.69, 9.17) is 11.6 Å². The maximum Gasteiger partial charge on any atom is 0.433 e. The minimum atomic E-state index is -4.60. The fourth-order valence-corrected chi connectivity index (χ4v) is 1.76. The number of aryl methyl sites for hydroxylation is 1. The van der Waals surface area contributed by atoms with Crippen LogP contribution < -0.4 is 0 Å². The molecule has 1 heterocycles. The normalized spacial score (nSPS) is 12.1. The lowest BCUT2D eigenvalue weighted by molar-refractivity contribution is -0.140. The summed E-state index contributed by atoms with van der Waals surface area (Å²) >= 11 is 5.73. The van der Waals surface area contributed by atoms with Crippen molar-refractivity contribution < 1.29 is 17.6 Å². The van der Waals surface area contributed by atoms with Gasteiger partial charge in [0.05, 0.1) is 10.5 Å². The number of pyridine rings is 1. The fraction of sp³-hybridized carbons (Fsp3) is 0.182. The molecular formula is C11H6ClF4N. The smallest absolute Gasteiger partial charge is 0.243 e. The average molecular weight is 264 g/mol. The van der Waals surface area contributed by atoms with Crippen LogP contribution in [-0.2, 0) is 6.18 Å². The maximum atomic E-state index is 13.2. The van der Waals surface area contributed by atoms with Crippen LogP contribution in [0.5, 0.6) is 0 Å². The van der Waals surface area contributed by atoms with Gasteiger partial charge in [-0.15, -0.1) is 0 Å². The molecule has 0 amide bonds. The molecule has 2 rings (SSSR count). The molecule has 1 aromatic carbocycles. The van der Waals surface area contributed by atoms with Crippen LogP contribution in [0.2, 0.25) is 5.02 Å². The number of nitrogens with zero attached hydrogens (tertiary/aromatic N) is 1. The van der Waals surface area contributed by atoms with E-state index in [1.54, 1.807) is 0 Å². The van der Waals surface area contributed by atoms with Crippen molar-refractivity contribution >= 4 is 22.5 Å². The second-order valence-corrected chi connectivity index (χ2v) is 3.96. The van der Waals surface area contributed by atoms with E-state index in [2.05, 4.69) is 4.98 Å². The highest BCUT2D eigenvalue weighted by Crippen LogP contribution is 2.34. The number of aromatic nitrogens is 1. The van der Waals surface area contributed by atoms with Gasteiger partial charge in [-0.05, 0) is 25.1 Å². The molecule has 0 fully saturated rings. The second-order valence-electron chi connectivity index (χ2n) is 3.56. The molecule has 0 radical (unpaired) electrons. The number of alkyl halides is 3. The minimum absolute atomic E-state index is 0.0514. The molecule has 1 aromatic heterocycles. The predicted molar refractivity (Wildman–Crippen MR) is 56.5 cm³/mol. The van der Waals surface area contributed by atoms with Crippen LogP contribution in [0.1, 0.15) is 11.3 Å². The van der Waals surface area contributed by atoms with Gasteiger partial charge >= 0.3 is 6.18 Å².